The van der Waals surface area contributed by atoms with Gasteiger partial charge >= 0.3 is 0 Å². The second kappa shape index (κ2) is 8.51. The van der Waals surface area contributed by atoms with E-state index >= 15 is 0 Å². The predicted molar refractivity (Wildman–Crippen MR) is 57.1 cm³/mol. The summed E-state index contributed by atoms with van der Waals surface area (Å²) in [6.45, 7) is 5.49. The molecule has 1 atom stereocenters. The van der Waals surface area contributed by atoms with Crippen LogP contribution in [0.4, 0.5) is 0 Å². The van der Waals surface area contributed by atoms with E-state index in [4.69, 9.17) is 4.74 Å². The van der Waals surface area contributed by atoms with Gasteiger partial charge in [-0.1, -0.05) is 22.9 Å². The average Bonchev–Trinajstić information content (AvgIpc) is 2.12. The van der Waals surface area contributed by atoms with Gasteiger partial charge in [0.25, 0.3) is 0 Å². The third kappa shape index (κ3) is 8.25. The molecule has 0 radical (unpaired) electrons. The quantitative estimate of drug-likeness (QED) is 0.698. The Morgan fingerprint density at radius 2 is 2.31 bits per heavy atom. The molecule has 0 fully saturated rings. The summed E-state index contributed by atoms with van der Waals surface area (Å²) < 4.78 is 4.97. The van der Waals surface area contributed by atoms with Crippen molar-refractivity contribution in [1.82, 2.24) is 5.32 Å². The standard InChI is InChI=1S/C9H18BrNO2/c1-3-13-7-9(12)11-6-8(2)4-5-10/h8H,3-7H2,1-2H3,(H,11,12). The van der Waals surface area contributed by atoms with Gasteiger partial charge in [0.2, 0.25) is 5.91 Å². The molecule has 0 aliphatic rings. The first-order valence-electron chi connectivity index (χ1n) is 4.61. The molecule has 1 N–H and O–H groups in total. The minimum atomic E-state index is -0.0247. The van der Waals surface area contributed by atoms with Crippen molar-refractivity contribution in [1.29, 1.82) is 0 Å². The van der Waals surface area contributed by atoms with Crippen molar-refractivity contribution in [3.8, 4) is 0 Å². The maximum Gasteiger partial charge on any atom is 0.246 e. The fourth-order valence-corrected chi connectivity index (χ4v) is 1.60. The van der Waals surface area contributed by atoms with Gasteiger partial charge in [-0.15, -0.1) is 0 Å². The molecule has 0 spiro atoms. The topological polar surface area (TPSA) is 38.3 Å². The van der Waals surface area contributed by atoms with Gasteiger partial charge in [0, 0.05) is 18.5 Å². The number of carbonyl (C=O) groups excluding carboxylic acids is 1. The Morgan fingerprint density at radius 1 is 1.62 bits per heavy atom. The van der Waals surface area contributed by atoms with Crippen molar-refractivity contribution in [2.45, 2.75) is 20.3 Å². The second-order valence-electron chi connectivity index (χ2n) is 3.02. The van der Waals surface area contributed by atoms with Crippen LogP contribution in [0.1, 0.15) is 20.3 Å². The highest BCUT2D eigenvalue weighted by Gasteiger charge is 2.04. The lowest BCUT2D eigenvalue weighted by Gasteiger charge is -2.10. The van der Waals surface area contributed by atoms with Crippen molar-refractivity contribution < 1.29 is 9.53 Å². The Balaban J connectivity index is 3.34. The molecule has 0 heterocycles. The molecule has 0 bridgehead atoms. The van der Waals surface area contributed by atoms with Gasteiger partial charge in [0.05, 0.1) is 0 Å². The maximum absolute atomic E-state index is 11.1. The van der Waals surface area contributed by atoms with Crippen LogP contribution in [0.15, 0.2) is 0 Å². The zero-order valence-electron chi connectivity index (χ0n) is 8.31. The molecule has 0 aromatic rings. The second-order valence-corrected chi connectivity index (χ2v) is 3.82. The van der Waals surface area contributed by atoms with E-state index in [-0.39, 0.29) is 12.5 Å². The van der Waals surface area contributed by atoms with Gasteiger partial charge in [-0.25, -0.2) is 0 Å². The minimum Gasteiger partial charge on any atom is -0.372 e. The van der Waals surface area contributed by atoms with E-state index in [0.717, 1.165) is 18.3 Å². The molecule has 1 amide bonds. The molecule has 0 saturated heterocycles. The first-order valence-corrected chi connectivity index (χ1v) is 5.73. The van der Waals surface area contributed by atoms with E-state index in [0.29, 0.717) is 12.5 Å². The Labute approximate surface area is 88.4 Å². The molecule has 3 nitrogen and oxygen atoms in total. The van der Waals surface area contributed by atoms with E-state index in [1.54, 1.807) is 0 Å². The summed E-state index contributed by atoms with van der Waals surface area (Å²) in [6.07, 6.45) is 1.08. The van der Waals surface area contributed by atoms with Gasteiger partial charge in [-0.2, -0.15) is 0 Å². The van der Waals surface area contributed by atoms with Crippen LogP contribution in [0.25, 0.3) is 0 Å². The minimum absolute atomic E-state index is 0.0247. The van der Waals surface area contributed by atoms with Crippen LogP contribution in [-0.2, 0) is 9.53 Å². The van der Waals surface area contributed by atoms with Gasteiger partial charge in [0.15, 0.2) is 0 Å². The highest BCUT2D eigenvalue weighted by molar-refractivity contribution is 9.09. The molecule has 0 saturated carbocycles. The summed E-state index contributed by atoms with van der Waals surface area (Å²) in [5, 5.41) is 3.80. The summed E-state index contributed by atoms with van der Waals surface area (Å²) in [5.41, 5.74) is 0. The molecule has 0 aromatic heterocycles. The number of halogens is 1. The molecular weight excluding hydrogens is 234 g/mol. The van der Waals surface area contributed by atoms with Crippen LogP contribution in [-0.4, -0.2) is 31.0 Å². The number of alkyl halides is 1. The number of ether oxygens (including phenoxy) is 1. The van der Waals surface area contributed by atoms with Gasteiger partial charge in [-0.3, -0.25) is 4.79 Å². The monoisotopic (exact) mass is 251 g/mol. The lowest BCUT2D eigenvalue weighted by molar-refractivity contribution is -0.125. The van der Waals surface area contributed by atoms with Crippen LogP contribution in [0.5, 0.6) is 0 Å². The van der Waals surface area contributed by atoms with Crippen molar-refractivity contribution in [2.24, 2.45) is 5.92 Å². The Hall–Kier alpha value is -0.0900. The molecule has 78 valence electrons. The number of carbonyl (C=O) groups is 1. The van der Waals surface area contributed by atoms with Crippen LogP contribution in [0, 0.1) is 5.92 Å². The largest absolute Gasteiger partial charge is 0.372 e. The van der Waals surface area contributed by atoms with Gasteiger partial charge < -0.3 is 10.1 Å². The molecule has 0 aliphatic carbocycles. The molecular formula is C9H18BrNO2. The maximum atomic E-state index is 11.1. The van der Waals surface area contributed by atoms with Crippen molar-refractivity contribution in [2.75, 3.05) is 25.1 Å². The Kier molecular flexibility index (Phi) is 8.45. The molecule has 0 aliphatic heterocycles. The first-order chi connectivity index (χ1) is 6.20. The molecule has 4 heteroatoms. The Bertz CT molecular complexity index is 142. The molecule has 0 rings (SSSR count). The molecule has 1 unspecified atom stereocenters. The lowest BCUT2D eigenvalue weighted by atomic mass is 10.1. The van der Waals surface area contributed by atoms with Crippen LogP contribution >= 0.6 is 15.9 Å². The number of hydrogen-bond acceptors (Lipinski definition) is 2. The summed E-state index contributed by atoms with van der Waals surface area (Å²) in [7, 11) is 0. The van der Waals surface area contributed by atoms with E-state index in [1.807, 2.05) is 6.92 Å². The van der Waals surface area contributed by atoms with E-state index in [9.17, 15) is 4.79 Å². The van der Waals surface area contributed by atoms with E-state index in [2.05, 4.69) is 28.2 Å². The summed E-state index contributed by atoms with van der Waals surface area (Å²) in [4.78, 5) is 11.1. The summed E-state index contributed by atoms with van der Waals surface area (Å²) >= 11 is 3.36. The molecule has 0 aromatic carbocycles. The zero-order valence-corrected chi connectivity index (χ0v) is 9.89. The van der Waals surface area contributed by atoms with Crippen LogP contribution in [0.3, 0.4) is 0 Å². The highest BCUT2D eigenvalue weighted by Crippen LogP contribution is 2.01. The van der Waals surface area contributed by atoms with Crippen molar-refractivity contribution in [3.63, 3.8) is 0 Å². The van der Waals surface area contributed by atoms with Gasteiger partial charge in [-0.05, 0) is 19.3 Å². The van der Waals surface area contributed by atoms with Gasteiger partial charge in [0.1, 0.15) is 6.61 Å². The summed E-state index contributed by atoms with van der Waals surface area (Å²) in [6, 6.07) is 0. The summed E-state index contributed by atoms with van der Waals surface area (Å²) in [5.74, 6) is 0.494. The van der Waals surface area contributed by atoms with Crippen LogP contribution in [0.2, 0.25) is 0 Å². The number of hydrogen-bond donors (Lipinski definition) is 1. The smallest absolute Gasteiger partial charge is 0.246 e. The number of nitrogens with one attached hydrogen (secondary N) is 1. The van der Waals surface area contributed by atoms with E-state index < -0.39 is 0 Å². The Morgan fingerprint density at radius 3 is 2.85 bits per heavy atom. The normalized spacial score (nSPS) is 12.5. The zero-order chi connectivity index (χ0) is 10.1. The number of amides is 1. The third-order valence-electron chi connectivity index (χ3n) is 1.69. The third-order valence-corrected chi connectivity index (χ3v) is 2.14. The average molecular weight is 252 g/mol. The fraction of sp³-hybridized carbons (Fsp3) is 0.889. The predicted octanol–water partition coefficient (Wildman–Crippen LogP) is 1.56. The first kappa shape index (κ1) is 12.9. The highest BCUT2D eigenvalue weighted by atomic mass is 79.9. The lowest BCUT2D eigenvalue weighted by Crippen LogP contribution is -2.31. The van der Waals surface area contributed by atoms with Crippen molar-refractivity contribution in [3.05, 3.63) is 0 Å². The fourth-order valence-electron chi connectivity index (χ4n) is 0.822. The van der Waals surface area contributed by atoms with E-state index in [1.165, 1.54) is 0 Å². The van der Waals surface area contributed by atoms with Crippen LogP contribution < -0.4 is 5.32 Å². The van der Waals surface area contributed by atoms with Crippen molar-refractivity contribution >= 4 is 21.8 Å². The molecule has 13 heavy (non-hydrogen) atoms. The number of rotatable bonds is 7. The SMILES string of the molecule is CCOCC(=O)NCC(C)CCBr.